The molecule has 5 nitrogen and oxygen atoms in total. The Labute approximate surface area is 179 Å². The van der Waals surface area contributed by atoms with Gasteiger partial charge in [-0.3, -0.25) is 14.7 Å². The van der Waals surface area contributed by atoms with Crippen molar-refractivity contribution >= 4 is 5.91 Å². The van der Waals surface area contributed by atoms with Crippen LogP contribution in [0.3, 0.4) is 0 Å². The number of hydrogen-bond acceptors (Lipinski definition) is 4. The molecular weight excluding hydrogens is 374 g/mol. The summed E-state index contributed by atoms with van der Waals surface area (Å²) in [4.78, 5) is 20.0. The number of carbonyl (C=O) groups excluding carboxylic acids is 1. The van der Waals surface area contributed by atoms with Crippen molar-refractivity contribution in [3.05, 3.63) is 59.9 Å². The summed E-state index contributed by atoms with van der Waals surface area (Å²) >= 11 is 0. The Morgan fingerprint density at radius 2 is 1.93 bits per heavy atom. The molecule has 2 aromatic rings. The maximum absolute atomic E-state index is 12.9. The Hall–Kier alpha value is -2.40. The molecule has 0 bridgehead atoms. The summed E-state index contributed by atoms with van der Waals surface area (Å²) in [5, 5.41) is 3.39. The first-order chi connectivity index (χ1) is 14.7. The first-order valence-corrected chi connectivity index (χ1v) is 11.3. The molecule has 2 fully saturated rings. The zero-order chi connectivity index (χ0) is 20.8. The molecule has 1 aliphatic carbocycles. The van der Waals surface area contributed by atoms with Crippen LogP contribution in [0, 0.1) is 11.8 Å². The number of rotatable bonds is 7. The number of carbonyl (C=O) groups is 1. The van der Waals surface area contributed by atoms with Crippen molar-refractivity contribution in [1.82, 2.24) is 15.2 Å². The zero-order valence-electron chi connectivity index (χ0n) is 17.9. The van der Waals surface area contributed by atoms with Crippen LogP contribution in [-0.2, 0) is 11.3 Å². The number of nitrogens with one attached hydrogen (secondary N) is 1. The molecule has 4 rings (SSSR count). The molecule has 2 aliphatic rings. The predicted molar refractivity (Wildman–Crippen MR) is 118 cm³/mol. The van der Waals surface area contributed by atoms with Gasteiger partial charge in [0.05, 0.1) is 18.8 Å². The highest BCUT2D eigenvalue weighted by molar-refractivity contribution is 5.79. The van der Waals surface area contributed by atoms with Crippen molar-refractivity contribution in [2.45, 2.75) is 51.1 Å². The van der Waals surface area contributed by atoms with E-state index < -0.39 is 0 Å². The normalized spacial score (nSPS) is 19.5. The molecule has 1 N–H and O–H groups in total. The van der Waals surface area contributed by atoms with E-state index in [1.165, 1.54) is 18.4 Å². The standard InChI is InChI=1S/C25H33N3O2/c1-30-22-10-6-7-19(17-22)18-28-15-12-20(13-16-28)24(23-11-4-5-14-26-23)27-25(29)21-8-2-3-9-21/h4-7,10-11,14,17,20-21,24H,2-3,8-9,12-13,15-16,18H2,1H3,(H,27,29)/t24-/m1/s1. The second-order valence-corrected chi connectivity index (χ2v) is 8.69. The monoisotopic (exact) mass is 407 g/mol. The SMILES string of the molecule is COc1cccc(CN2CCC([C@@H](NC(=O)C3CCCC3)c3ccccn3)CC2)c1. The van der Waals surface area contributed by atoms with Crippen molar-refractivity contribution in [2.24, 2.45) is 11.8 Å². The fourth-order valence-corrected chi connectivity index (χ4v) is 4.93. The van der Waals surface area contributed by atoms with Crippen molar-refractivity contribution < 1.29 is 9.53 Å². The molecule has 0 radical (unpaired) electrons. The molecule has 1 aromatic heterocycles. The quantitative estimate of drug-likeness (QED) is 0.741. The number of ether oxygens (including phenoxy) is 1. The van der Waals surface area contributed by atoms with Crippen molar-refractivity contribution in [2.75, 3.05) is 20.2 Å². The lowest BCUT2D eigenvalue weighted by Gasteiger charge is -2.36. The van der Waals surface area contributed by atoms with E-state index in [0.717, 1.165) is 56.8 Å². The number of piperidine rings is 1. The van der Waals surface area contributed by atoms with E-state index in [0.29, 0.717) is 5.92 Å². The average Bonchev–Trinajstić information content (AvgIpc) is 3.34. The van der Waals surface area contributed by atoms with Crippen LogP contribution in [0.15, 0.2) is 48.7 Å². The molecule has 160 valence electrons. The minimum Gasteiger partial charge on any atom is -0.497 e. The van der Waals surface area contributed by atoms with Gasteiger partial charge in [-0.1, -0.05) is 31.0 Å². The summed E-state index contributed by atoms with van der Waals surface area (Å²) in [6.45, 7) is 3.00. The number of nitrogens with zero attached hydrogens (tertiary/aromatic N) is 2. The summed E-state index contributed by atoms with van der Waals surface area (Å²) in [6, 6.07) is 14.3. The highest BCUT2D eigenvalue weighted by atomic mass is 16.5. The van der Waals surface area contributed by atoms with E-state index in [-0.39, 0.29) is 17.9 Å². The van der Waals surface area contributed by atoms with Crippen LogP contribution >= 0.6 is 0 Å². The molecule has 30 heavy (non-hydrogen) atoms. The van der Waals surface area contributed by atoms with Crippen LogP contribution in [0.4, 0.5) is 0 Å². The second-order valence-electron chi connectivity index (χ2n) is 8.69. The van der Waals surface area contributed by atoms with Crippen LogP contribution in [0.1, 0.15) is 55.8 Å². The summed E-state index contributed by atoms with van der Waals surface area (Å²) in [5.41, 5.74) is 2.28. The minimum atomic E-state index is 0.0123. The predicted octanol–water partition coefficient (Wildman–Crippen LogP) is 4.35. The van der Waals surface area contributed by atoms with E-state index in [2.05, 4.69) is 39.5 Å². The topological polar surface area (TPSA) is 54.5 Å². The summed E-state index contributed by atoms with van der Waals surface area (Å²) in [5.74, 6) is 1.74. The molecule has 1 saturated heterocycles. The van der Waals surface area contributed by atoms with Gasteiger partial charge in [0.15, 0.2) is 0 Å². The molecule has 5 heteroatoms. The molecule has 1 aliphatic heterocycles. The molecule has 0 unspecified atom stereocenters. The Morgan fingerprint density at radius 3 is 2.63 bits per heavy atom. The van der Waals surface area contributed by atoms with Gasteiger partial charge in [-0.25, -0.2) is 0 Å². The van der Waals surface area contributed by atoms with Crippen molar-refractivity contribution in [1.29, 1.82) is 0 Å². The third-order valence-electron chi connectivity index (χ3n) is 6.67. The van der Waals surface area contributed by atoms with Crippen molar-refractivity contribution in [3.63, 3.8) is 0 Å². The number of amides is 1. The van der Waals surface area contributed by atoms with Gasteiger partial charge >= 0.3 is 0 Å². The number of benzene rings is 1. The van der Waals surface area contributed by atoms with Crippen molar-refractivity contribution in [3.8, 4) is 5.75 Å². The van der Waals surface area contributed by atoms with Crippen LogP contribution in [0.2, 0.25) is 0 Å². The number of methoxy groups -OCH3 is 1. The van der Waals surface area contributed by atoms with Crippen LogP contribution in [0.5, 0.6) is 5.75 Å². The van der Waals surface area contributed by atoms with Gasteiger partial charge in [0.25, 0.3) is 0 Å². The van der Waals surface area contributed by atoms with E-state index >= 15 is 0 Å². The number of pyridine rings is 1. The lowest BCUT2D eigenvalue weighted by Crippen LogP contribution is -2.42. The number of hydrogen-bond donors (Lipinski definition) is 1. The number of likely N-dealkylation sites (tertiary alicyclic amines) is 1. The Bertz CT molecular complexity index is 812. The Morgan fingerprint density at radius 1 is 1.13 bits per heavy atom. The molecule has 1 amide bonds. The number of aromatic nitrogens is 1. The molecule has 0 spiro atoms. The first-order valence-electron chi connectivity index (χ1n) is 11.3. The molecule has 2 heterocycles. The van der Waals surface area contributed by atoms with Gasteiger partial charge in [0, 0.05) is 18.7 Å². The Kier molecular flexibility index (Phi) is 7.00. The van der Waals surface area contributed by atoms with Gasteiger partial charge in [0.2, 0.25) is 5.91 Å². The molecule has 1 aromatic carbocycles. The fraction of sp³-hybridized carbons (Fsp3) is 0.520. The summed E-state index contributed by atoms with van der Waals surface area (Å²) in [6.07, 6.45) is 8.37. The van der Waals surface area contributed by atoms with E-state index in [1.54, 1.807) is 7.11 Å². The van der Waals surface area contributed by atoms with E-state index in [1.807, 2.05) is 24.4 Å². The summed E-state index contributed by atoms with van der Waals surface area (Å²) in [7, 11) is 1.71. The smallest absolute Gasteiger partial charge is 0.223 e. The first kappa shape index (κ1) is 20.9. The molecule has 1 saturated carbocycles. The van der Waals surface area contributed by atoms with Gasteiger partial charge in [-0.2, -0.15) is 0 Å². The maximum atomic E-state index is 12.9. The zero-order valence-corrected chi connectivity index (χ0v) is 17.9. The largest absolute Gasteiger partial charge is 0.497 e. The third kappa shape index (κ3) is 5.20. The van der Waals surface area contributed by atoms with Crippen LogP contribution < -0.4 is 10.1 Å². The van der Waals surface area contributed by atoms with E-state index in [9.17, 15) is 4.79 Å². The minimum absolute atomic E-state index is 0.0123. The lowest BCUT2D eigenvalue weighted by atomic mass is 9.86. The summed E-state index contributed by atoms with van der Waals surface area (Å²) < 4.78 is 5.35. The third-order valence-corrected chi connectivity index (χ3v) is 6.67. The second kappa shape index (κ2) is 10.1. The fourth-order valence-electron chi connectivity index (χ4n) is 4.93. The van der Waals surface area contributed by atoms with E-state index in [4.69, 9.17) is 4.74 Å². The van der Waals surface area contributed by atoms with Crippen LogP contribution in [-0.4, -0.2) is 36.0 Å². The maximum Gasteiger partial charge on any atom is 0.223 e. The average molecular weight is 408 g/mol. The lowest BCUT2D eigenvalue weighted by molar-refractivity contribution is -0.126. The highest BCUT2D eigenvalue weighted by Gasteiger charge is 2.32. The Balaban J connectivity index is 1.39. The van der Waals surface area contributed by atoms with Gasteiger partial charge < -0.3 is 10.1 Å². The molecule has 1 atom stereocenters. The molecular formula is C25H33N3O2. The van der Waals surface area contributed by atoms with Gasteiger partial charge in [-0.15, -0.1) is 0 Å². The van der Waals surface area contributed by atoms with Gasteiger partial charge in [-0.05, 0) is 74.5 Å². The van der Waals surface area contributed by atoms with Crippen LogP contribution in [0.25, 0.3) is 0 Å². The highest BCUT2D eigenvalue weighted by Crippen LogP contribution is 2.32. The van der Waals surface area contributed by atoms with Gasteiger partial charge in [0.1, 0.15) is 5.75 Å².